The van der Waals surface area contributed by atoms with Gasteiger partial charge in [-0.25, -0.2) is 4.98 Å². The van der Waals surface area contributed by atoms with Crippen LogP contribution in [0.5, 0.6) is 0 Å². The van der Waals surface area contributed by atoms with Gasteiger partial charge in [0.05, 0.1) is 16.2 Å². The number of hydrogen-bond acceptors (Lipinski definition) is 6. The van der Waals surface area contributed by atoms with E-state index in [4.69, 9.17) is 4.52 Å². The Kier molecular flexibility index (Phi) is 4.16. The van der Waals surface area contributed by atoms with Crippen LogP contribution in [0.3, 0.4) is 0 Å². The first-order valence-corrected chi connectivity index (χ1v) is 7.81. The molecular weight excluding hydrogens is 316 g/mol. The standard InChI is InChI=1S/C15H14N4O3S/c1-8-7-12(19-22-8)17-13(20)9(2)23-15-16-11-6-4-3-5-10(11)14(21)18-15/h3-7,9H,1-2H3,(H,16,18,21)(H,17,19,20)/t9-/m0/s1. The molecule has 0 bridgehead atoms. The van der Waals surface area contributed by atoms with Crippen molar-refractivity contribution in [1.29, 1.82) is 0 Å². The van der Waals surface area contributed by atoms with Crippen molar-refractivity contribution in [1.82, 2.24) is 15.1 Å². The van der Waals surface area contributed by atoms with Crippen molar-refractivity contribution in [3.05, 3.63) is 46.4 Å². The fourth-order valence-electron chi connectivity index (χ4n) is 1.99. The highest BCUT2D eigenvalue weighted by Gasteiger charge is 2.17. The number of anilines is 1. The Hall–Kier alpha value is -2.61. The van der Waals surface area contributed by atoms with E-state index in [1.807, 2.05) is 6.07 Å². The van der Waals surface area contributed by atoms with Gasteiger partial charge in [0.2, 0.25) is 5.91 Å². The molecule has 0 unspecified atom stereocenters. The number of carbonyl (C=O) groups is 1. The molecule has 1 aromatic carbocycles. The van der Waals surface area contributed by atoms with Crippen LogP contribution in [-0.4, -0.2) is 26.3 Å². The summed E-state index contributed by atoms with van der Waals surface area (Å²) in [6.45, 7) is 3.46. The molecule has 0 aliphatic carbocycles. The predicted octanol–water partition coefficient (Wildman–Crippen LogP) is 2.34. The third kappa shape index (κ3) is 3.42. The molecule has 3 aromatic rings. The number of nitrogens with one attached hydrogen (secondary N) is 2. The summed E-state index contributed by atoms with van der Waals surface area (Å²) in [5.74, 6) is 0.722. The van der Waals surface area contributed by atoms with Gasteiger partial charge in [-0.15, -0.1) is 0 Å². The summed E-state index contributed by atoms with van der Waals surface area (Å²) >= 11 is 1.17. The molecule has 0 spiro atoms. The van der Waals surface area contributed by atoms with Crippen molar-refractivity contribution < 1.29 is 9.32 Å². The SMILES string of the molecule is Cc1cc(NC(=O)[C@H](C)Sc2nc3ccccc3c(=O)[nH]2)no1. The van der Waals surface area contributed by atoms with Crippen molar-refractivity contribution in [3.63, 3.8) is 0 Å². The van der Waals surface area contributed by atoms with E-state index in [2.05, 4.69) is 20.4 Å². The second kappa shape index (κ2) is 6.25. The van der Waals surface area contributed by atoms with Gasteiger partial charge >= 0.3 is 0 Å². The van der Waals surface area contributed by atoms with Gasteiger partial charge < -0.3 is 14.8 Å². The molecule has 23 heavy (non-hydrogen) atoms. The van der Waals surface area contributed by atoms with Gasteiger partial charge in [-0.05, 0) is 26.0 Å². The number of aromatic nitrogens is 3. The molecule has 0 radical (unpaired) electrons. The van der Waals surface area contributed by atoms with E-state index < -0.39 is 5.25 Å². The van der Waals surface area contributed by atoms with Crippen molar-refractivity contribution >= 4 is 34.4 Å². The minimum absolute atomic E-state index is 0.224. The molecule has 0 saturated heterocycles. The first-order valence-electron chi connectivity index (χ1n) is 6.93. The lowest BCUT2D eigenvalue weighted by atomic mass is 10.2. The lowest BCUT2D eigenvalue weighted by Gasteiger charge is -2.09. The van der Waals surface area contributed by atoms with Gasteiger partial charge in [0.25, 0.3) is 5.56 Å². The smallest absolute Gasteiger partial charge is 0.259 e. The van der Waals surface area contributed by atoms with Crippen LogP contribution in [0.2, 0.25) is 0 Å². The van der Waals surface area contributed by atoms with Gasteiger partial charge in [0.1, 0.15) is 5.76 Å². The minimum atomic E-state index is -0.462. The van der Waals surface area contributed by atoms with Gasteiger partial charge in [0.15, 0.2) is 11.0 Å². The number of fused-ring (bicyclic) bond motifs is 1. The Balaban J connectivity index is 1.75. The highest BCUT2D eigenvalue weighted by molar-refractivity contribution is 8.00. The first kappa shape index (κ1) is 15.3. The van der Waals surface area contributed by atoms with E-state index in [9.17, 15) is 9.59 Å². The summed E-state index contributed by atoms with van der Waals surface area (Å²) < 4.78 is 4.90. The first-order chi connectivity index (χ1) is 11.0. The number of thioether (sulfide) groups is 1. The monoisotopic (exact) mass is 330 g/mol. The Morgan fingerprint density at radius 1 is 1.39 bits per heavy atom. The topological polar surface area (TPSA) is 101 Å². The van der Waals surface area contributed by atoms with Crippen LogP contribution in [0, 0.1) is 6.92 Å². The molecule has 1 amide bonds. The van der Waals surface area contributed by atoms with Crippen LogP contribution in [0.15, 0.2) is 44.8 Å². The highest BCUT2D eigenvalue weighted by Crippen LogP contribution is 2.21. The van der Waals surface area contributed by atoms with Crippen molar-refractivity contribution in [2.45, 2.75) is 24.3 Å². The quantitative estimate of drug-likeness (QED) is 0.562. The summed E-state index contributed by atoms with van der Waals surface area (Å²) in [6.07, 6.45) is 0. The summed E-state index contributed by atoms with van der Waals surface area (Å²) in [5, 5.41) is 6.82. The number of nitrogens with zero attached hydrogens (tertiary/aromatic N) is 2. The lowest BCUT2D eigenvalue weighted by molar-refractivity contribution is -0.115. The number of aromatic amines is 1. The Morgan fingerprint density at radius 3 is 2.91 bits per heavy atom. The average molecular weight is 330 g/mol. The molecule has 0 fully saturated rings. The van der Waals surface area contributed by atoms with Crippen LogP contribution < -0.4 is 10.9 Å². The number of para-hydroxylation sites is 1. The van der Waals surface area contributed by atoms with E-state index in [0.717, 1.165) is 0 Å². The van der Waals surface area contributed by atoms with E-state index >= 15 is 0 Å². The molecule has 0 saturated carbocycles. The summed E-state index contributed by atoms with van der Waals surface area (Å²) in [6, 6.07) is 8.69. The van der Waals surface area contributed by atoms with Gasteiger partial charge in [-0.1, -0.05) is 29.1 Å². The zero-order valence-electron chi connectivity index (χ0n) is 12.5. The van der Waals surface area contributed by atoms with Crippen molar-refractivity contribution in [2.75, 3.05) is 5.32 Å². The molecule has 7 nitrogen and oxygen atoms in total. The molecule has 2 N–H and O–H groups in total. The summed E-state index contributed by atoms with van der Waals surface area (Å²) in [5.41, 5.74) is 0.372. The number of hydrogen-bond donors (Lipinski definition) is 2. The predicted molar refractivity (Wildman–Crippen MR) is 87.6 cm³/mol. The van der Waals surface area contributed by atoms with Gasteiger partial charge in [0, 0.05) is 6.07 Å². The molecule has 8 heteroatoms. The maximum atomic E-state index is 12.1. The van der Waals surface area contributed by atoms with Gasteiger partial charge in [-0.3, -0.25) is 9.59 Å². The van der Waals surface area contributed by atoms with Crippen LogP contribution in [0.4, 0.5) is 5.82 Å². The lowest BCUT2D eigenvalue weighted by Crippen LogP contribution is -2.23. The Morgan fingerprint density at radius 2 is 2.17 bits per heavy atom. The molecule has 0 aliphatic heterocycles. The summed E-state index contributed by atoms with van der Waals surface area (Å²) in [4.78, 5) is 31.2. The third-order valence-electron chi connectivity index (χ3n) is 3.13. The minimum Gasteiger partial charge on any atom is -0.360 e. The maximum absolute atomic E-state index is 12.1. The van der Waals surface area contributed by atoms with E-state index in [0.29, 0.717) is 27.6 Å². The average Bonchev–Trinajstić information content (AvgIpc) is 2.92. The second-order valence-electron chi connectivity index (χ2n) is 4.96. The fourth-order valence-corrected chi connectivity index (χ4v) is 2.80. The Bertz CT molecular complexity index is 918. The largest absolute Gasteiger partial charge is 0.360 e. The van der Waals surface area contributed by atoms with Gasteiger partial charge in [-0.2, -0.15) is 0 Å². The summed E-state index contributed by atoms with van der Waals surface area (Å²) in [7, 11) is 0. The fraction of sp³-hybridized carbons (Fsp3) is 0.200. The molecule has 2 heterocycles. The molecule has 1 atom stereocenters. The van der Waals surface area contributed by atoms with Crippen molar-refractivity contribution in [2.24, 2.45) is 0 Å². The number of H-pyrrole nitrogens is 1. The van der Waals surface area contributed by atoms with E-state index in [-0.39, 0.29) is 11.5 Å². The number of aryl methyl sites for hydroxylation is 1. The van der Waals surface area contributed by atoms with Crippen LogP contribution in [-0.2, 0) is 4.79 Å². The molecular formula is C15H14N4O3S. The maximum Gasteiger partial charge on any atom is 0.259 e. The van der Waals surface area contributed by atoms with Crippen LogP contribution in [0.25, 0.3) is 10.9 Å². The van der Waals surface area contributed by atoms with Crippen LogP contribution >= 0.6 is 11.8 Å². The van der Waals surface area contributed by atoms with E-state index in [1.54, 1.807) is 38.1 Å². The molecule has 0 aliphatic rings. The van der Waals surface area contributed by atoms with Crippen LogP contribution in [0.1, 0.15) is 12.7 Å². The zero-order valence-corrected chi connectivity index (χ0v) is 13.3. The number of amides is 1. The molecule has 118 valence electrons. The zero-order chi connectivity index (χ0) is 16.4. The normalized spacial score (nSPS) is 12.3. The van der Waals surface area contributed by atoms with E-state index in [1.165, 1.54) is 11.8 Å². The molecule has 2 aromatic heterocycles. The number of rotatable bonds is 4. The van der Waals surface area contributed by atoms with Crippen molar-refractivity contribution in [3.8, 4) is 0 Å². The third-order valence-corrected chi connectivity index (χ3v) is 4.11. The molecule has 3 rings (SSSR count). The highest BCUT2D eigenvalue weighted by atomic mass is 32.2. The second-order valence-corrected chi connectivity index (χ2v) is 6.29. The Labute approximate surface area is 135 Å². The number of carbonyl (C=O) groups excluding carboxylic acids is 1. The number of benzene rings is 1.